The van der Waals surface area contributed by atoms with Gasteiger partial charge in [-0.3, -0.25) is 4.90 Å². The maximum absolute atomic E-state index is 13.8. The van der Waals surface area contributed by atoms with Crippen molar-refractivity contribution in [3.05, 3.63) is 65.2 Å². The van der Waals surface area contributed by atoms with Crippen LogP contribution in [0.15, 0.2) is 42.5 Å². The summed E-state index contributed by atoms with van der Waals surface area (Å²) in [7, 11) is 0. The Bertz CT molecular complexity index is 685. The highest BCUT2D eigenvalue weighted by Crippen LogP contribution is 2.21. The number of likely N-dealkylation sites (tertiary alicyclic amines) is 1. The van der Waals surface area contributed by atoms with Crippen molar-refractivity contribution in [3.63, 3.8) is 0 Å². The minimum Gasteiger partial charge on any atom is -0.393 e. The molecule has 2 aromatic rings. The van der Waals surface area contributed by atoms with Crippen molar-refractivity contribution in [2.24, 2.45) is 0 Å². The summed E-state index contributed by atoms with van der Waals surface area (Å²) in [6, 6.07) is 11.6. The van der Waals surface area contributed by atoms with Gasteiger partial charge in [-0.05, 0) is 30.5 Å². The molecule has 1 aliphatic heterocycles. The molecule has 2 aromatic carbocycles. The maximum atomic E-state index is 13.8. The van der Waals surface area contributed by atoms with Gasteiger partial charge in [0.1, 0.15) is 11.6 Å². The van der Waals surface area contributed by atoms with E-state index in [1.165, 1.54) is 12.1 Å². The number of nitrogens with one attached hydrogen (secondary N) is 1. The molecule has 1 heterocycles. The number of hydrogen-bond donors (Lipinski definition) is 2. The maximum Gasteiger partial charge on any atom is 0.131 e. The van der Waals surface area contributed by atoms with E-state index in [0.29, 0.717) is 12.1 Å². The molecule has 3 nitrogen and oxygen atoms in total. The fourth-order valence-electron chi connectivity index (χ4n) is 3.00. The van der Waals surface area contributed by atoms with Crippen LogP contribution in [-0.2, 0) is 13.1 Å². The zero-order chi connectivity index (χ0) is 16.9. The second-order valence-electron chi connectivity index (χ2n) is 6.25. The standard InChI is InChI=1S/C19H22F2N2O/c20-16-6-5-14(18(21)11-16)12-22-19-4-2-1-3-15(19)13-23-9-7-17(24)8-10-23/h1-6,11,17,22,24H,7-10,12-13H2. The highest BCUT2D eigenvalue weighted by Gasteiger charge is 2.17. The lowest BCUT2D eigenvalue weighted by atomic mass is 10.1. The molecule has 0 aromatic heterocycles. The highest BCUT2D eigenvalue weighted by molar-refractivity contribution is 5.51. The fraction of sp³-hybridized carbons (Fsp3) is 0.368. The van der Waals surface area contributed by atoms with Crippen LogP contribution in [0.25, 0.3) is 0 Å². The number of benzene rings is 2. The fourth-order valence-corrected chi connectivity index (χ4v) is 3.00. The number of anilines is 1. The molecule has 128 valence electrons. The number of rotatable bonds is 5. The van der Waals surface area contributed by atoms with Gasteiger partial charge in [0.05, 0.1) is 6.10 Å². The van der Waals surface area contributed by atoms with E-state index < -0.39 is 11.6 Å². The van der Waals surface area contributed by atoms with E-state index in [2.05, 4.69) is 10.2 Å². The van der Waals surface area contributed by atoms with Gasteiger partial charge in [0.25, 0.3) is 0 Å². The van der Waals surface area contributed by atoms with Crippen molar-refractivity contribution in [2.75, 3.05) is 18.4 Å². The van der Waals surface area contributed by atoms with E-state index >= 15 is 0 Å². The minimum absolute atomic E-state index is 0.184. The van der Waals surface area contributed by atoms with Gasteiger partial charge in [0.2, 0.25) is 0 Å². The number of aliphatic hydroxyl groups excluding tert-OH is 1. The van der Waals surface area contributed by atoms with Crippen LogP contribution in [0.3, 0.4) is 0 Å². The van der Waals surface area contributed by atoms with Crippen LogP contribution in [0.4, 0.5) is 14.5 Å². The summed E-state index contributed by atoms with van der Waals surface area (Å²) in [4.78, 5) is 2.31. The predicted octanol–water partition coefficient (Wildman–Crippen LogP) is 3.53. The van der Waals surface area contributed by atoms with Crippen molar-refractivity contribution >= 4 is 5.69 Å². The van der Waals surface area contributed by atoms with Crippen LogP contribution in [0.5, 0.6) is 0 Å². The van der Waals surface area contributed by atoms with Crippen molar-refractivity contribution in [3.8, 4) is 0 Å². The van der Waals surface area contributed by atoms with E-state index in [9.17, 15) is 13.9 Å². The monoisotopic (exact) mass is 332 g/mol. The highest BCUT2D eigenvalue weighted by atomic mass is 19.1. The SMILES string of the molecule is OC1CCN(Cc2ccccc2NCc2ccc(F)cc2F)CC1. The molecule has 1 aliphatic rings. The van der Waals surface area contributed by atoms with Gasteiger partial charge in [-0.2, -0.15) is 0 Å². The number of aliphatic hydroxyl groups is 1. The van der Waals surface area contributed by atoms with Crippen LogP contribution < -0.4 is 5.32 Å². The van der Waals surface area contributed by atoms with E-state index in [1.807, 2.05) is 24.3 Å². The summed E-state index contributed by atoms with van der Waals surface area (Å²) < 4.78 is 26.7. The van der Waals surface area contributed by atoms with Gasteiger partial charge in [-0.1, -0.05) is 24.3 Å². The van der Waals surface area contributed by atoms with Crippen molar-refractivity contribution in [2.45, 2.75) is 32.0 Å². The molecule has 24 heavy (non-hydrogen) atoms. The quantitative estimate of drug-likeness (QED) is 0.879. The third-order valence-electron chi connectivity index (χ3n) is 4.45. The second-order valence-corrected chi connectivity index (χ2v) is 6.25. The Morgan fingerprint density at radius 3 is 2.54 bits per heavy atom. The molecule has 3 rings (SSSR count). The van der Waals surface area contributed by atoms with Gasteiger partial charge in [-0.15, -0.1) is 0 Å². The Morgan fingerprint density at radius 2 is 1.79 bits per heavy atom. The molecule has 0 atom stereocenters. The Balaban J connectivity index is 1.65. The molecule has 1 fully saturated rings. The summed E-state index contributed by atoms with van der Waals surface area (Å²) in [5, 5.41) is 12.9. The molecule has 2 N–H and O–H groups in total. The van der Waals surface area contributed by atoms with Crippen molar-refractivity contribution in [1.29, 1.82) is 0 Å². The molecule has 0 saturated carbocycles. The Labute approximate surface area is 140 Å². The number of hydrogen-bond acceptors (Lipinski definition) is 3. The first-order chi connectivity index (χ1) is 11.6. The number of piperidine rings is 1. The summed E-state index contributed by atoms with van der Waals surface area (Å²) in [5.41, 5.74) is 2.52. The predicted molar refractivity (Wildman–Crippen MR) is 90.6 cm³/mol. The molecule has 0 aliphatic carbocycles. The summed E-state index contributed by atoms with van der Waals surface area (Å²) >= 11 is 0. The second kappa shape index (κ2) is 7.73. The lowest BCUT2D eigenvalue weighted by Gasteiger charge is -2.30. The molecular weight excluding hydrogens is 310 g/mol. The van der Waals surface area contributed by atoms with Gasteiger partial charge < -0.3 is 10.4 Å². The average Bonchev–Trinajstić information content (AvgIpc) is 2.57. The Kier molecular flexibility index (Phi) is 5.43. The van der Waals surface area contributed by atoms with Crippen LogP contribution in [0, 0.1) is 11.6 Å². The van der Waals surface area contributed by atoms with Gasteiger partial charge in [-0.25, -0.2) is 8.78 Å². The minimum atomic E-state index is -0.566. The molecule has 0 unspecified atom stereocenters. The van der Waals surface area contributed by atoms with Crippen LogP contribution >= 0.6 is 0 Å². The summed E-state index contributed by atoms with van der Waals surface area (Å²) in [6.07, 6.45) is 1.42. The van der Waals surface area contributed by atoms with Crippen molar-refractivity contribution in [1.82, 2.24) is 4.90 Å². The first kappa shape index (κ1) is 16.9. The van der Waals surface area contributed by atoms with Crippen molar-refractivity contribution < 1.29 is 13.9 Å². The van der Waals surface area contributed by atoms with Gasteiger partial charge in [0, 0.05) is 43.5 Å². The zero-order valence-electron chi connectivity index (χ0n) is 13.5. The first-order valence-corrected chi connectivity index (χ1v) is 8.28. The van der Waals surface area contributed by atoms with E-state index in [1.54, 1.807) is 0 Å². The normalized spacial score (nSPS) is 16.3. The molecular formula is C19H22F2N2O. The lowest BCUT2D eigenvalue weighted by Crippen LogP contribution is -2.35. The topological polar surface area (TPSA) is 35.5 Å². The van der Waals surface area contributed by atoms with Crippen LogP contribution in [0.1, 0.15) is 24.0 Å². The molecule has 0 spiro atoms. The smallest absolute Gasteiger partial charge is 0.131 e. The Morgan fingerprint density at radius 1 is 1.04 bits per heavy atom. The van der Waals surface area contributed by atoms with Gasteiger partial charge in [0.15, 0.2) is 0 Å². The summed E-state index contributed by atoms with van der Waals surface area (Å²) in [5.74, 6) is -1.10. The van der Waals surface area contributed by atoms with Gasteiger partial charge >= 0.3 is 0 Å². The van der Waals surface area contributed by atoms with Crippen LogP contribution in [-0.4, -0.2) is 29.2 Å². The number of para-hydroxylation sites is 1. The lowest BCUT2D eigenvalue weighted by molar-refractivity contribution is 0.0793. The van der Waals surface area contributed by atoms with E-state index in [-0.39, 0.29) is 6.10 Å². The number of nitrogens with zero attached hydrogens (tertiary/aromatic N) is 1. The Hall–Kier alpha value is -1.98. The average molecular weight is 332 g/mol. The molecule has 0 radical (unpaired) electrons. The van der Waals surface area contributed by atoms with Crippen LogP contribution in [0.2, 0.25) is 0 Å². The third kappa shape index (κ3) is 4.30. The zero-order valence-corrected chi connectivity index (χ0v) is 13.5. The molecule has 5 heteroatoms. The molecule has 0 amide bonds. The first-order valence-electron chi connectivity index (χ1n) is 8.28. The van der Waals surface area contributed by atoms with E-state index in [4.69, 9.17) is 0 Å². The summed E-state index contributed by atoms with van der Waals surface area (Å²) in [6.45, 7) is 2.85. The number of halogens is 2. The van der Waals surface area contributed by atoms with E-state index in [0.717, 1.165) is 49.8 Å². The largest absolute Gasteiger partial charge is 0.393 e. The third-order valence-corrected chi connectivity index (χ3v) is 4.45. The molecule has 0 bridgehead atoms. The molecule has 1 saturated heterocycles.